The maximum absolute atomic E-state index is 12.3. The number of likely N-dealkylation sites (tertiary alicyclic amines) is 1. The molecular weight excluding hydrogens is 336 g/mol. The molecule has 9 nitrogen and oxygen atoms in total. The minimum Gasteiger partial charge on any atom is -0.497 e. The molecule has 0 unspecified atom stereocenters. The van der Waals surface area contributed by atoms with E-state index in [1.165, 1.54) is 0 Å². The number of carbonyl (C=O) groups excluding carboxylic acids is 1. The summed E-state index contributed by atoms with van der Waals surface area (Å²) in [4.78, 5) is 26.4. The first-order valence-corrected chi connectivity index (χ1v) is 8.03. The topological polar surface area (TPSA) is 106 Å². The maximum Gasteiger partial charge on any atom is 0.321 e. The molecule has 0 spiro atoms. The van der Waals surface area contributed by atoms with Gasteiger partial charge in [0.05, 0.1) is 19.2 Å². The van der Waals surface area contributed by atoms with Crippen molar-refractivity contribution in [2.24, 2.45) is 0 Å². The number of nitrogens with one attached hydrogen (secondary N) is 1. The van der Waals surface area contributed by atoms with Crippen LogP contribution in [0.15, 0.2) is 47.4 Å². The van der Waals surface area contributed by atoms with Gasteiger partial charge in [-0.2, -0.15) is 4.98 Å². The van der Waals surface area contributed by atoms with E-state index < -0.39 is 0 Å². The van der Waals surface area contributed by atoms with Crippen LogP contribution >= 0.6 is 0 Å². The van der Waals surface area contributed by atoms with Crippen LogP contribution in [0.5, 0.6) is 5.75 Å². The van der Waals surface area contributed by atoms with Gasteiger partial charge in [-0.15, -0.1) is 0 Å². The molecule has 0 bridgehead atoms. The van der Waals surface area contributed by atoms with Crippen LogP contribution in [0.1, 0.15) is 11.8 Å². The lowest BCUT2D eigenvalue weighted by Gasteiger charge is -2.36. The zero-order valence-electron chi connectivity index (χ0n) is 14.0. The molecule has 1 aromatic carbocycles. The van der Waals surface area contributed by atoms with Gasteiger partial charge in [-0.1, -0.05) is 5.16 Å². The third-order valence-electron chi connectivity index (χ3n) is 4.09. The molecule has 132 valence electrons. The van der Waals surface area contributed by atoms with Crippen LogP contribution in [-0.4, -0.2) is 51.2 Å². The molecule has 1 saturated heterocycles. The second kappa shape index (κ2) is 6.79. The van der Waals surface area contributed by atoms with Crippen molar-refractivity contribution in [1.29, 1.82) is 0 Å². The van der Waals surface area contributed by atoms with Crippen LogP contribution in [-0.2, 0) is 0 Å². The van der Waals surface area contributed by atoms with Crippen molar-refractivity contribution in [3.05, 3.63) is 48.7 Å². The minimum atomic E-state index is -0.167. The van der Waals surface area contributed by atoms with Crippen LogP contribution in [0.2, 0.25) is 0 Å². The van der Waals surface area contributed by atoms with Crippen LogP contribution in [0.3, 0.4) is 0 Å². The number of ether oxygens (including phenoxy) is 1. The van der Waals surface area contributed by atoms with Crippen molar-refractivity contribution in [3.63, 3.8) is 0 Å². The summed E-state index contributed by atoms with van der Waals surface area (Å²) in [6, 6.07) is 7.00. The Labute approximate surface area is 149 Å². The third kappa shape index (κ3) is 3.18. The summed E-state index contributed by atoms with van der Waals surface area (Å²) in [5.74, 6) is 1.66. The summed E-state index contributed by atoms with van der Waals surface area (Å²) < 4.78 is 10.4. The lowest BCUT2D eigenvalue weighted by Crippen LogP contribution is -2.50. The number of anilines is 1. The average Bonchev–Trinajstić information content (AvgIpc) is 3.11. The fraction of sp³-hybridized carbons (Fsp3) is 0.235. The van der Waals surface area contributed by atoms with E-state index in [9.17, 15) is 4.79 Å². The highest BCUT2D eigenvalue weighted by Gasteiger charge is 2.35. The Morgan fingerprint density at radius 3 is 2.77 bits per heavy atom. The van der Waals surface area contributed by atoms with Crippen molar-refractivity contribution >= 4 is 11.7 Å². The highest BCUT2D eigenvalue weighted by molar-refractivity contribution is 5.90. The maximum atomic E-state index is 12.3. The van der Waals surface area contributed by atoms with Crippen LogP contribution < -0.4 is 10.1 Å². The molecule has 1 fully saturated rings. The van der Waals surface area contributed by atoms with Crippen LogP contribution in [0.4, 0.5) is 10.5 Å². The Morgan fingerprint density at radius 2 is 2.08 bits per heavy atom. The molecule has 3 heterocycles. The number of nitrogens with zero attached hydrogens (tertiary/aromatic N) is 5. The van der Waals surface area contributed by atoms with Gasteiger partial charge in [-0.05, 0) is 24.3 Å². The van der Waals surface area contributed by atoms with E-state index >= 15 is 0 Å². The minimum absolute atomic E-state index is 0.0227. The average molecular weight is 352 g/mol. The monoisotopic (exact) mass is 352 g/mol. The normalized spacial score (nSPS) is 14.0. The largest absolute Gasteiger partial charge is 0.497 e. The molecule has 0 radical (unpaired) electrons. The highest BCUT2D eigenvalue weighted by atomic mass is 16.5. The Balaban J connectivity index is 1.33. The van der Waals surface area contributed by atoms with Gasteiger partial charge in [0.1, 0.15) is 11.4 Å². The number of methoxy groups -OCH3 is 1. The van der Waals surface area contributed by atoms with Crippen molar-refractivity contribution in [3.8, 4) is 17.3 Å². The number of amides is 2. The quantitative estimate of drug-likeness (QED) is 0.767. The number of urea groups is 1. The molecule has 0 aliphatic carbocycles. The van der Waals surface area contributed by atoms with E-state index in [2.05, 4.69) is 25.4 Å². The van der Waals surface area contributed by atoms with Gasteiger partial charge in [0, 0.05) is 31.2 Å². The number of hydrogen-bond donors (Lipinski definition) is 1. The van der Waals surface area contributed by atoms with E-state index in [1.807, 2.05) is 0 Å². The van der Waals surface area contributed by atoms with Gasteiger partial charge in [0.2, 0.25) is 11.7 Å². The molecule has 26 heavy (non-hydrogen) atoms. The second-order valence-corrected chi connectivity index (χ2v) is 5.81. The number of carbonyl (C=O) groups is 1. The zero-order chi connectivity index (χ0) is 17.9. The molecule has 9 heteroatoms. The first kappa shape index (κ1) is 16.0. The van der Waals surface area contributed by atoms with Crippen molar-refractivity contribution in [2.75, 3.05) is 25.5 Å². The fourth-order valence-electron chi connectivity index (χ4n) is 2.60. The van der Waals surface area contributed by atoms with Crippen molar-refractivity contribution in [1.82, 2.24) is 25.0 Å². The van der Waals surface area contributed by atoms with E-state index in [0.29, 0.717) is 36.2 Å². The summed E-state index contributed by atoms with van der Waals surface area (Å²) in [5, 5.41) is 6.77. The smallest absolute Gasteiger partial charge is 0.321 e. The molecule has 4 rings (SSSR count). The SMILES string of the molecule is COc1ccc(NC(=O)N2CC(c3nc(-c4cnccn4)no3)C2)cc1. The number of hydrogen-bond acceptors (Lipinski definition) is 7. The second-order valence-electron chi connectivity index (χ2n) is 5.81. The molecule has 1 aliphatic heterocycles. The van der Waals surface area contributed by atoms with Gasteiger partial charge >= 0.3 is 6.03 Å². The fourth-order valence-corrected chi connectivity index (χ4v) is 2.60. The molecule has 1 aliphatic rings. The molecule has 2 aromatic heterocycles. The molecule has 0 atom stereocenters. The molecule has 1 N–H and O–H groups in total. The van der Waals surface area contributed by atoms with Gasteiger partial charge < -0.3 is 19.5 Å². The van der Waals surface area contributed by atoms with Crippen LogP contribution in [0.25, 0.3) is 11.5 Å². The predicted molar refractivity (Wildman–Crippen MR) is 91.7 cm³/mol. The highest BCUT2D eigenvalue weighted by Crippen LogP contribution is 2.27. The Kier molecular flexibility index (Phi) is 4.18. The van der Waals surface area contributed by atoms with Crippen molar-refractivity contribution in [2.45, 2.75) is 5.92 Å². The van der Waals surface area contributed by atoms with E-state index in [1.54, 1.807) is 54.9 Å². The summed E-state index contributed by atoms with van der Waals surface area (Å²) in [6.45, 7) is 1.04. The number of aromatic nitrogens is 4. The lowest BCUT2D eigenvalue weighted by atomic mass is 10.0. The Bertz CT molecular complexity index is 890. The van der Waals surface area contributed by atoms with E-state index in [4.69, 9.17) is 9.26 Å². The molecule has 2 amide bonds. The van der Waals surface area contributed by atoms with Gasteiger partial charge in [-0.25, -0.2) is 9.78 Å². The van der Waals surface area contributed by atoms with Gasteiger partial charge in [0.15, 0.2) is 0 Å². The number of benzene rings is 1. The molecular formula is C17H16N6O3. The number of rotatable bonds is 4. The standard InChI is InChI=1S/C17H16N6O3/c1-25-13-4-2-12(3-5-13)20-17(24)23-9-11(10-23)16-21-15(22-26-16)14-8-18-6-7-19-14/h2-8,11H,9-10H2,1H3,(H,20,24). The lowest BCUT2D eigenvalue weighted by molar-refractivity contribution is 0.147. The zero-order valence-corrected chi connectivity index (χ0v) is 14.0. The summed E-state index contributed by atoms with van der Waals surface area (Å²) in [7, 11) is 1.60. The van der Waals surface area contributed by atoms with Gasteiger partial charge in [-0.3, -0.25) is 4.98 Å². The van der Waals surface area contributed by atoms with Crippen molar-refractivity contribution < 1.29 is 14.1 Å². The third-order valence-corrected chi connectivity index (χ3v) is 4.09. The summed E-state index contributed by atoms with van der Waals surface area (Å²) >= 11 is 0. The Hall–Kier alpha value is -3.49. The van der Waals surface area contributed by atoms with E-state index in [0.717, 1.165) is 5.75 Å². The predicted octanol–water partition coefficient (Wildman–Crippen LogP) is 2.17. The first-order valence-electron chi connectivity index (χ1n) is 8.03. The summed E-state index contributed by atoms with van der Waals surface area (Å²) in [6.07, 6.45) is 4.72. The molecule has 0 saturated carbocycles. The summed E-state index contributed by atoms with van der Waals surface area (Å²) in [5.41, 5.74) is 1.26. The molecule has 3 aromatic rings. The van der Waals surface area contributed by atoms with Crippen LogP contribution in [0, 0.1) is 0 Å². The first-order chi connectivity index (χ1) is 12.7. The van der Waals surface area contributed by atoms with E-state index in [-0.39, 0.29) is 11.9 Å². The Morgan fingerprint density at radius 1 is 1.27 bits per heavy atom. The van der Waals surface area contributed by atoms with Gasteiger partial charge in [0.25, 0.3) is 0 Å².